The summed E-state index contributed by atoms with van der Waals surface area (Å²) in [5, 5.41) is 2.93. The molecule has 1 aromatic heterocycles. The van der Waals surface area contributed by atoms with Gasteiger partial charge in [0.2, 0.25) is 5.95 Å². The Hall–Kier alpha value is -1.82. The van der Waals surface area contributed by atoms with Crippen molar-refractivity contribution in [1.82, 2.24) is 9.97 Å². The lowest BCUT2D eigenvalue weighted by Gasteiger charge is -2.20. The number of rotatable bonds is 4. The van der Waals surface area contributed by atoms with Crippen molar-refractivity contribution in [2.75, 3.05) is 31.4 Å². The van der Waals surface area contributed by atoms with Crippen LogP contribution in [0.5, 0.6) is 5.75 Å². The largest absolute Gasteiger partial charge is 0.497 e. The predicted octanol–water partition coefficient (Wildman–Crippen LogP) is 3.06. The Morgan fingerprint density at radius 3 is 2.84 bits per heavy atom. The normalized spacial score (nSPS) is 10.1. The number of methoxy groups -OCH3 is 1. The third-order valence-corrected chi connectivity index (χ3v) is 3.27. The molecule has 6 heteroatoms. The van der Waals surface area contributed by atoms with Gasteiger partial charge in [0, 0.05) is 32.0 Å². The van der Waals surface area contributed by atoms with Gasteiger partial charge in [-0.25, -0.2) is 4.98 Å². The van der Waals surface area contributed by atoms with Crippen molar-refractivity contribution < 1.29 is 4.74 Å². The fourth-order valence-electron chi connectivity index (χ4n) is 1.66. The van der Waals surface area contributed by atoms with Crippen molar-refractivity contribution in [2.24, 2.45) is 0 Å². The molecular formula is C13H15BrN4O. The number of halogens is 1. The van der Waals surface area contributed by atoms with Crippen LogP contribution in [0.3, 0.4) is 0 Å². The van der Waals surface area contributed by atoms with E-state index in [1.165, 1.54) is 0 Å². The van der Waals surface area contributed by atoms with Crippen LogP contribution in [0.15, 0.2) is 34.9 Å². The van der Waals surface area contributed by atoms with Crippen LogP contribution in [0, 0.1) is 0 Å². The van der Waals surface area contributed by atoms with Crippen molar-refractivity contribution in [1.29, 1.82) is 0 Å². The molecule has 1 heterocycles. The van der Waals surface area contributed by atoms with Gasteiger partial charge >= 0.3 is 0 Å². The van der Waals surface area contributed by atoms with Crippen LogP contribution in [0.2, 0.25) is 0 Å². The van der Waals surface area contributed by atoms with Crippen molar-refractivity contribution >= 4 is 33.4 Å². The van der Waals surface area contributed by atoms with E-state index in [2.05, 4.69) is 31.2 Å². The standard InChI is InChI=1S/C13H15BrN4O/c1-15-13-16-8-11(14)12(17-13)18(2)9-5-4-6-10(7-9)19-3/h4-8H,1-3H3,(H,15,16,17). The molecule has 0 saturated carbocycles. The summed E-state index contributed by atoms with van der Waals surface area (Å²) < 4.78 is 6.06. The van der Waals surface area contributed by atoms with Crippen LogP contribution >= 0.6 is 15.9 Å². The van der Waals surface area contributed by atoms with Gasteiger partial charge < -0.3 is 15.0 Å². The fraction of sp³-hybridized carbons (Fsp3) is 0.231. The first-order chi connectivity index (χ1) is 9.15. The predicted molar refractivity (Wildman–Crippen MR) is 80.3 cm³/mol. The van der Waals surface area contributed by atoms with E-state index in [-0.39, 0.29) is 0 Å². The Balaban J connectivity index is 2.39. The van der Waals surface area contributed by atoms with E-state index >= 15 is 0 Å². The number of nitrogens with zero attached hydrogens (tertiary/aromatic N) is 3. The number of hydrogen-bond acceptors (Lipinski definition) is 5. The fourth-order valence-corrected chi connectivity index (χ4v) is 2.11. The van der Waals surface area contributed by atoms with E-state index in [4.69, 9.17) is 4.74 Å². The molecule has 2 aromatic rings. The molecule has 0 aliphatic rings. The average Bonchev–Trinajstić information content (AvgIpc) is 2.47. The SMILES string of the molecule is CNc1ncc(Br)c(N(C)c2cccc(OC)c2)n1. The van der Waals surface area contributed by atoms with Gasteiger partial charge in [-0.15, -0.1) is 0 Å². The zero-order chi connectivity index (χ0) is 13.8. The van der Waals surface area contributed by atoms with Crippen molar-refractivity contribution in [3.8, 4) is 5.75 Å². The molecular weight excluding hydrogens is 308 g/mol. The first kappa shape index (κ1) is 13.6. The highest BCUT2D eigenvalue weighted by molar-refractivity contribution is 9.10. The minimum atomic E-state index is 0.577. The second-order valence-electron chi connectivity index (χ2n) is 3.88. The number of ether oxygens (including phenoxy) is 1. The van der Waals surface area contributed by atoms with E-state index in [1.54, 1.807) is 20.4 Å². The molecule has 100 valence electrons. The summed E-state index contributed by atoms with van der Waals surface area (Å²) in [5.41, 5.74) is 0.987. The van der Waals surface area contributed by atoms with Crippen LogP contribution in [-0.4, -0.2) is 31.2 Å². The molecule has 19 heavy (non-hydrogen) atoms. The third kappa shape index (κ3) is 2.96. The molecule has 1 N–H and O–H groups in total. The lowest BCUT2D eigenvalue weighted by Crippen LogP contribution is -2.13. The quantitative estimate of drug-likeness (QED) is 0.937. The van der Waals surface area contributed by atoms with Gasteiger partial charge in [-0.05, 0) is 28.1 Å². The molecule has 0 fully saturated rings. The zero-order valence-corrected chi connectivity index (χ0v) is 12.6. The van der Waals surface area contributed by atoms with Crippen molar-refractivity contribution in [3.63, 3.8) is 0 Å². The number of hydrogen-bond donors (Lipinski definition) is 1. The van der Waals surface area contributed by atoms with Gasteiger partial charge in [-0.3, -0.25) is 0 Å². The molecule has 1 aromatic carbocycles. The molecule has 2 rings (SSSR count). The maximum absolute atomic E-state index is 5.23. The Bertz CT molecular complexity index is 576. The van der Waals surface area contributed by atoms with Crippen LogP contribution in [-0.2, 0) is 0 Å². The van der Waals surface area contributed by atoms with E-state index in [0.29, 0.717) is 5.95 Å². The summed E-state index contributed by atoms with van der Waals surface area (Å²) in [6.45, 7) is 0. The van der Waals surface area contributed by atoms with Gasteiger partial charge in [0.05, 0.1) is 11.6 Å². The highest BCUT2D eigenvalue weighted by Gasteiger charge is 2.11. The summed E-state index contributed by atoms with van der Waals surface area (Å²) >= 11 is 3.47. The molecule has 0 amide bonds. The maximum atomic E-state index is 5.23. The molecule has 0 spiro atoms. The Labute approximate surface area is 120 Å². The van der Waals surface area contributed by atoms with Gasteiger partial charge in [-0.2, -0.15) is 4.98 Å². The zero-order valence-electron chi connectivity index (χ0n) is 11.0. The summed E-state index contributed by atoms with van der Waals surface area (Å²) in [4.78, 5) is 10.6. The lowest BCUT2D eigenvalue weighted by atomic mass is 10.3. The summed E-state index contributed by atoms with van der Waals surface area (Å²) in [6.07, 6.45) is 1.73. The molecule has 0 unspecified atom stereocenters. The van der Waals surface area contributed by atoms with E-state index < -0.39 is 0 Å². The van der Waals surface area contributed by atoms with Crippen LogP contribution < -0.4 is 15.0 Å². The highest BCUT2D eigenvalue weighted by Crippen LogP contribution is 2.30. The highest BCUT2D eigenvalue weighted by atomic mass is 79.9. The lowest BCUT2D eigenvalue weighted by molar-refractivity contribution is 0.415. The van der Waals surface area contributed by atoms with Gasteiger partial charge in [-0.1, -0.05) is 6.07 Å². The summed E-state index contributed by atoms with van der Waals surface area (Å²) in [6, 6.07) is 7.80. The molecule has 0 saturated heterocycles. The molecule has 0 atom stereocenters. The molecule has 0 radical (unpaired) electrons. The second kappa shape index (κ2) is 5.88. The number of benzene rings is 1. The van der Waals surface area contributed by atoms with Crippen molar-refractivity contribution in [2.45, 2.75) is 0 Å². The number of aromatic nitrogens is 2. The maximum Gasteiger partial charge on any atom is 0.224 e. The summed E-state index contributed by atoms with van der Waals surface area (Å²) in [5.74, 6) is 2.17. The Morgan fingerprint density at radius 1 is 1.37 bits per heavy atom. The first-order valence-corrected chi connectivity index (χ1v) is 6.53. The molecule has 5 nitrogen and oxygen atoms in total. The van der Waals surface area contributed by atoms with Gasteiger partial charge in [0.1, 0.15) is 5.75 Å². The van der Waals surface area contributed by atoms with Crippen molar-refractivity contribution in [3.05, 3.63) is 34.9 Å². The molecule has 0 aliphatic carbocycles. The van der Waals surface area contributed by atoms with Crippen LogP contribution in [0.1, 0.15) is 0 Å². The Kier molecular flexibility index (Phi) is 4.21. The monoisotopic (exact) mass is 322 g/mol. The minimum absolute atomic E-state index is 0.577. The molecule has 0 bridgehead atoms. The second-order valence-corrected chi connectivity index (χ2v) is 4.73. The van der Waals surface area contributed by atoms with E-state index in [1.807, 2.05) is 36.2 Å². The first-order valence-electron chi connectivity index (χ1n) is 5.73. The Morgan fingerprint density at radius 2 is 2.16 bits per heavy atom. The minimum Gasteiger partial charge on any atom is -0.497 e. The summed E-state index contributed by atoms with van der Waals surface area (Å²) in [7, 11) is 5.39. The van der Waals surface area contributed by atoms with Gasteiger partial charge in [0.15, 0.2) is 5.82 Å². The van der Waals surface area contributed by atoms with Crippen LogP contribution in [0.25, 0.3) is 0 Å². The average molecular weight is 323 g/mol. The third-order valence-electron chi connectivity index (χ3n) is 2.71. The van der Waals surface area contributed by atoms with E-state index in [0.717, 1.165) is 21.7 Å². The van der Waals surface area contributed by atoms with E-state index in [9.17, 15) is 0 Å². The smallest absolute Gasteiger partial charge is 0.224 e. The molecule has 0 aliphatic heterocycles. The number of anilines is 3. The number of nitrogens with one attached hydrogen (secondary N) is 1. The topological polar surface area (TPSA) is 50.3 Å². The van der Waals surface area contributed by atoms with Crippen LogP contribution in [0.4, 0.5) is 17.5 Å². The van der Waals surface area contributed by atoms with Gasteiger partial charge in [0.25, 0.3) is 0 Å².